The van der Waals surface area contributed by atoms with Crippen LogP contribution in [0.3, 0.4) is 0 Å². The minimum atomic E-state index is -3.26. The summed E-state index contributed by atoms with van der Waals surface area (Å²) in [6, 6.07) is 20.6. The summed E-state index contributed by atoms with van der Waals surface area (Å²) < 4.78 is 49.6. The summed E-state index contributed by atoms with van der Waals surface area (Å²) in [4.78, 5) is 39.0. The average Bonchev–Trinajstić information content (AvgIpc) is 3.07. The van der Waals surface area contributed by atoms with E-state index in [1.807, 2.05) is 48.5 Å². The molecule has 0 saturated carbocycles. The van der Waals surface area contributed by atoms with Gasteiger partial charge in [-0.05, 0) is 85.0 Å². The second-order valence-corrected chi connectivity index (χ2v) is 14.6. The minimum absolute atomic E-state index is 0.0954. The molecule has 1 aliphatic heterocycles. The Balaban J connectivity index is 1.55. The fourth-order valence-corrected chi connectivity index (χ4v) is 6.77. The van der Waals surface area contributed by atoms with Crippen molar-refractivity contribution < 1.29 is 46.9 Å². The number of ether oxygens (including phenoxy) is 2. The highest BCUT2D eigenvalue weighted by Gasteiger charge is 2.48. The molecule has 3 aromatic carbocycles. The lowest BCUT2D eigenvalue weighted by molar-refractivity contribution is -0.168. The number of nitrogens with one attached hydrogen (secondary N) is 1. The van der Waals surface area contributed by atoms with Crippen molar-refractivity contribution in [1.82, 2.24) is 4.72 Å². The second-order valence-electron chi connectivity index (χ2n) is 12.8. The molecule has 1 saturated heterocycles. The first kappa shape index (κ1) is 38.6. The monoisotopic (exact) mass is 712 g/mol. The second kappa shape index (κ2) is 17.2. The number of amides is 1. The van der Waals surface area contributed by atoms with Crippen LogP contribution in [0.1, 0.15) is 73.9 Å². The maximum absolute atomic E-state index is 13.8. The molecule has 50 heavy (non-hydrogen) atoms. The Bertz CT molecular complexity index is 1710. The average molecular weight is 713 g/mol. The Hall–Kier alpha value is -4.17. The van der Waals surface area contributed by atoms with Gasteiger partial charge in [0.25, 0.3) is 0 Å². The zero-order valence-corrected chi connectivity index (χ0v) is 29.3. The molecule has 1 aliphatic rings. The van der Waals surface area contributed by atoms with Crippen LogP contribution in [-0.2, 0) is 46.7 Å². The standard InChI is InChI=1S/C37H45FN2O9S/c1-25(43)48-34(29-12-14-31(38)15-13-29)19-18-33-35(30-10-6-28(7-11-30)20-21-37(23-41,24-42)49-26(2)44)40(36(33)45)32-16-8-27(9-17-32)5-4-22-39-50(3,46)47/h6-17,33-35,39,41-42H,4-5,18-24H2,1-3H3. The van der Waals surface area contributed by atoms with E-state index in [-0.39, 0.29) is 18.4 Å². The third-order valence-electron chi connectivity index (χ3n) is 8.85. The van der Waals surface area contributed by atoms with Crippen LogP contribution >= 0.6 is 0 Å². The van der Waals surface area contributed by atoms with Crippen LogP contribution in [-0.4, -0.2) is 68.1 Å². The number of anilines is 1. The molecule has 1 heterocycles. The molecule has 0 radical (unpaired) electrons. The molecule has 4 rings (SSSR count). The lowest BCUT2D eigenvalue weighted by Crippen LogP contribution is -2.55. The molecule has 3 atom stereocenters. The van der Waals surface area contributed by atoms with Crippen LogP contribution < -0.4 is 9.62 Å². The topological polar surface area (TPSA) is 160 Å². The quantitative estimate of drug-likeness (QED) is 0.0993. The van der Waals surface area contributed by atoms with Crippen molar-refractivity contribution in [1.29, 1.82) is 0 Å². The molecule has 1 fully saturated rings. The van der Waals surface area contributed by atoms with Crippen LogP contribution in [0, 0.1) is 11.7 Å². The number of esters is 2. The van der Waals surface area contributed by atoms with Crippen LogP contribution in [0.2, 0.25) is 0 Å². The molecule has 3 unspecified atom stereocenters. The van der Waals surface area contributed by atoms with Crippen molar-refractivity contribution in [2.45, 2.75) is 70.1 Å². The van der Waals surface area contributed by atoms with Gasteiger partial charge in [0, 0.05) is 26.1 Å². The fourth-order valence-electron chi connectivity index (χ4n) is 6.26. The van der Waals surface area contributed by atoms with Gasteiger partial charge in [0.05, 0.1) is 31.4 Å². The molecular formula is C37H45FN2O9S. The predicted molar refractivity (Wildman–Crippen MR) is 185 cm³/mol. The van der Waals surface area contributed by atoms with Gasteiger partial charge in [-0.1, -0.05) is 48.5 Å². The number of hydrogen-bond acceptors (Lipinski definition) is 9. The summed E-state index contributed by atoms with van der Waals surface area (Å²) in [7, 11) is -3.26. The first-order valence-corrected chi connectivity index (χ1v) is 18.4. The number of carbonyl (C=O) groups excluding carboxylic acids is 3. The summed E-state index contributed by atoms with van der Waals surface area (Å²) in [5, 5.41) is 19.7. The molecule has 0 aliphatic carbocycles. The number of halogens is 1. The molecule has 11 nitrogen and oxygen atoms in total. The number of aliphatic hydroxyl groups excluding tert-OH is 2. The molecule has 0 spiro atoms. The largest absolute Gasteiger partial charge is 0.458 e. The van der Waals surface area contributed by atoms with Crippen LogP contribution in [0.15, 0.2) is 72.8 Å². The van der Waals surface area contributed by atoms with E-state index >= 15 is 0 Å². The molecule has 0 aromatic heterocycles. The zero-order valence-electron chi connectivity index (χ0n) is 28.5. The molecule has 3 aromatic rings. The number of sulfonamides is 1. The summed E-state index contributed by atoms with van der Waals surface area (Å²) in [5.41, 5.74) is 2.67. The first-order chi connectivity index (χ1) is 23.7. The number of rotatable bonds is 18. The van der Waals surface area contributed by atoms with Crippen molar-refractivity contribution >= 4 is 33.6 Å². The molecule has 3 N–H and O–H groups in total. The maximum Gasteiger partial charge on any atom is 0.303 e. The summed E-state index contributed by atoms with van der Waals surface area (Å²) in [6.45, 7) is 1.80. The van der Waals surface area contributed by atoms with Crippen LogP contribution in [0.5, 0.6) is 0 Å². The van der Waals surface area contributed by atoms with Crippen molar-refractivity contribution in [2.75, 3.05) is 30.9 Å². The third-order valence-corrected chi connectivity index (χ3v) is 9.58. The predicted octanol–water partition coefficient (Wildman–Crippen LogP) is 4.32. The van der Waals surface area contributed by atoms with E-state index in [0.29, 0.717) is 49.9 Å². The molecule has 270 valence electrons. The van der Waals surface area contributed by atoms with Gasteiger partial charge in [-0.25, -0.2) is 17.5 Å². The molecule has 1 amide bonds. The molecular weight excluding hydrogens is 667 g/mol. The third kappa shape index (κ3) is 10.4. The van der Waals surface area contributed by atoms with Crippen LogP contribution in [0.4, 0.5) is 10.1 Å². The lowest BCUT2D eigenvalue weighted by Gasteiger charge is -2.48. The van der Waals surface area contributed by atoms with Crippen LogP contribution in [0.25, 0.3) is 0 Å². The summed E-state index contributed by atoms with van der Waals surface area (Å²) in [6.07, 6.45) is 3.06. The number of hydrogen-bond donors (Lipinski definition) is 3. The Morgan fingerprint density at radius 1 is 0.920 bits per heavy atom. The van der Waals surface area contributed by atoms with E-state index in [1.165, 1.54) is 26.0 Å². The highest BCUT2D eigenvalue weighted by atomic mass is 32.2. The van der Waals surface area contributed by atoms with E-state index in [9.17, 15) is 37.4 Å². The number of β-lactam (4-membered cyclic amide) rings is 1. The zero-order chi connectivity index (χ0) is 36.5. The highest BCUT2D eigenvalue weighted by molar-refractivity contribution is 7.88. The van der Waals surface area contributed by atoms with Gasteiger partial charge in [0.1, 0.15) is 11.9 Å². The van der Waals surface area contributed by atoms with Crippen molar-refractivity contribution in [3.8, 4) is 0 Å². The van der Waals surface area contributed by atoms with Gasteiger partial charge in [-0.2, -0.15) is 0 Å². The highest BCUT2D eigenvalue weighted by Crippen LogP contribution is 2.46. The molecule has 13 heteroatoms. The van der Waals surface area contributed by atoms with E-state index in [4.69, 9.17) is 9.47 Å². The van der Waals surface area contributed by atoms with Gasteiger partial charge in [-0.15, -0.1) is 0 Å². The van der Waals surface area contributed by atoms with E-state index < -0.39 is 58.6 Å². The van der Waals surface area contributed by atoms with Gasteiger partial charge >= 0.3 is 11.9 Å². The summed E-state index contributed by atoms with van der Waals surface area (Å²) >= 11 is 0. The van der Waals surface area contributed by atoms with E-state index in [2.05, 4.69) is 4.72 Å². The van der Waals surface area contributed by atoms with Gasteiger partial charge in [0.2, 0.25) is 15.9 Å². The Kier molecular flexibility index (Phi) is 13.3. The SMILES string of the molecule is CC(=O)OC(CCC1C(=O)N(c2ccc(CCCNS(C)(=O)=O)cc2)C1c1ccc(CCC(CO)(CO)OC(C)=O)cc1)c1ccc(F)cc1. The number of aryl methyl sites for hydroxylation is 2. The normalized spacial score (nSPS) is 16.8. The van der Waals surface area contributed by atoms with Gasteiger partial charge in [-0.3, -0.25) is 14.4 Å². The minimum Gasteiger partial charge on any atom is -0.458 e. The van der Waals surface area contributed by atoms with Gasteiger partial charge in [0.15, 0.2) is 5.60 Å². The molecule has 0 bridgehead atoms. The van der Waals surface area contributed by atoms with Crippen molar-refractivity contribution in [3.05, 3.63) is 101 Å². The Morgan fingerprint density at radius 3 is 2.08 bits per heavy atom. The smallest absolute Gasteiger partial charge is 0.303 e. The summed E-state index contributed by atoms with van der Waals surface area (Å²) in [5.74, 6) is -2.04. The maximum atomic E-state index is 13.8. The number of nitrogens with zero attached hydrogens (tertiary/aromatic N) is 1. The van der Waals surface area contributed by atoms with Crippen molar-refractivity contribution in [3.63, 3.8) is 0 Å². The van der Waals surface area contributed by atoms with E-state index in [0.717, 1.165) is 22.9 Å². The lowest BCUT2D eigenvalue weighted by atomic mass is 9.78. The first-order valence-electron chi connectivity index (χ1n) is 16.5. The Labute approximate surface area is 292 Å². The number of carbonyl (C=O) groups is 3. The fraction of sp³-hybridized carbons (Fsp3) is 0.432. The number of benzene rings is 3. The Morgan fingerprint density at radius 2 is 1.52 bits per heavy atom. The van der Waals surface area contributed by atoms with E-state index in [1.54, 1.807) is 17.0 Å². The number of aliphatic hydroxyl groups is 2. The van der Waals surface area contributed by atoms with Gasteiger partial charge < -0.3 is 24.6 Å². The van der Waals surface area contributed by atoms with Crippen molar-refractivity contribution in [2.24, 2.45) is 5.92 Å².